The van der Waals surface area contributed by atoms with Crippen molar-refractivity contribution in [3.05, 3.63) is 0 Å². The Morgan fingerprint density at radius 3 is 2.73 bits per heavy atom. The fourth-order valence-corrected chi connectivity index (χ4v) is 2.42. The predicted octanol–water partition coefficient (Wildman–Crippen LogP) is 1.81. The monoisotopic (exact) mass is 211 g/mol. The van der Waals surface area contributed by atoms with Crippen LogP contribution in [0.5, 0.6) is 0 Å². The van der Waals surface area contributed by atoms with E-state index in [1.165, 1.54) is 6.42 Å². The van der Waals surface area contributed by atoms with Crippen molar-refractivity contribution in [3.8, 4) is 0 Å². The number of rotatable bonds is 3. The summed E-state index contributed by atoms with van der Waals surface area (Å²) in [6.45, 7) is 4.55. The molecule has 0 radical (unpaired) electrons. The molecule has 0 aromatic rings. The van der Waals surface area contributed by atoms with Crippen LogP contribution in [0.4, 0.5) is 0 Å². The van der Waals surface area contributed by atoms with Crippen molar-refractivity contribution in [2.45, 2.75) is 45.1 Å². The molecule has 1 aliphatic heterocycles. The van der Waals surface area contributed by atoms with Gasteiger partial charge in [-0.1, -0.05) is 6.42 Å². The number of carbonyl (C=O) groups is 1. The van der Waals surface area contributed by atoms with E-state index < -0.39 is 0 Å². The lowest BCUT2D eigenvalue weighted by Crippen LogP contribution is -2.46. The van der Waals surface area contributed by atoms with Gasteiger partial charge in [0.1, 0.15) is 0 Å². The number of piperidine rings is 1. The van der Waals surface area contributed by atoms with Gasteiger partial charge in [0.2, 0.25) is 5.91 Å². The lowest BCUT2D eigenvalue weighted by atomic mass is 9.84. The van der Waals surface area contributed by atoms with Crippen molar-refractivity contribution in [3.63, 3.8) is 0 Å². The summed E-state index contributed by atoms with van der Waals surface area (Å²) in [6, 6.07) is 0. The molecular formula is C12H21NO2. The molecule has 1 heterocycles. The van der Waals surface area contributed by atoms with Crippen LogP contribution >= 0.6 is 0 Å². The van der Waals surface area contributed by atoms with Gasteiger partial charge >= 0.3 is 0 Å². The molecule has 0 aromatic heterocycles. The van der Waals surface area contributed by atoms with Gasteiger partial charge in [0.05, 0.1) is 6.10 Å². The smallest absolute Gasteiger partial charge is 0.225 e. The molecule has 3 heteroatoms. The second-order valence-corrected chi connectivity index (χ2v) is 4.63. The Kier molecular flexibility index (Phi) is 3.62. The number of carbonyl (C=O) groups excluding carboxylic acids is 1. The number of nitrogens with zero attached hydrogens (tertiary/aromatic N) is 1. The van der Waals surface area contributed by atoms with Crippen LogP contribution in [0, 0.1) is 5.92 Å². The highest BCUT2D eigenvalue weighted by atomic mass is 16.5. The van der Waals surface area contributed by atoms with E-state index in [2.05, 4.69) is 0 Å². The van der Waals surface area contributed by atoms with Crippen LogP contribution in [-0.4, -0.2) is 36.6 Å². The summed E-state index contributed by atoms with van der Waals surface area (Å²) < 4.78 is 5.60. The number of amides is 1. The Bertz CT molecular complexity index is 224. The zero-order valence-electron chi connectivity index (χ0n) is 9.58. The largest absolute Gasteiger partial charge is 0.377 e. The maximum absolute atomic E-state index is 12.0. The third-order valence-corrected chi connectivity index (χ3v) is 3.55. The molecule has 2 rings (SSSR count). The molecule has 1 atom stereocenters. The molecule has 3 nitrogen and oxygen atoms in total. The van der Waals surface area contributed by atoms with Crippen LogP contribution in [0.25, 0.3) is 0 Å². The molecular weight excluding hydrogens is 190 g/mol. The highest BCUT2D eigenvalue weighted by Gasteiger charge is 2.32. The molecule has 0 bridgehead atoms. The summed E-state index contributed by atoms with van der Waals surface area (Å²) in [4.78, 5) is 14.0. The van der Waals surface area contributed by atoms with Crippen molar-refractivity contribution >= 4 is 5.91 Å². The van der Waals surface area contributed by atoms with Crippen molar-refractivity contribution in [2.75, 3.05) is 19.7 Å². The highest BCUT2D eigenvalue weighted by molar-refractivity contribution is 5.79. The van der Waals surface area contributed by atoms with Crippen LogP contribution in [0.3, 0.4) is 0 Å². The topological polar surface area (TPSA) is 29.5 Å². The Balaban J connectivity index is 1.83. The second-order valence-electron chi connectivity index (χ2n) is 4.63. The third-order valence-electron chi connectivity index (χ3n) is 3.55. The van der Waals surface area contributed by atoms with Gasteiger partial charge in [-0.05, 0) is 32.6 Å². The fraction of sp³-hybridized carbons (Fsp3) is 0.917. The van der Waals surface area contributed by atoms with Gasteiger partial charge < -0.3 is 9.64 Å². The zero-order valence-corrected chi connectivity index (χ0v) is 9.58. The fourth-order valence-electron chi connectivity index (χ4n) is 2.42. The molecule has 1 aliphatic carbocycles. The van der Waals surface area contributed by atoms with E-state index in [0.29, 0.717) is 11.8 Å². The first-order chi connectivity index (χ1) is 7.31. The van der Waals surface area contributed by atoms with E-state index in [1.807, 2.05) is 11.8 Å². The number of likely N-dealkylation sites (tertiary alicyclic amines) is 1. The summed E-state index contributed by atoms with van der Waals surface area (Å²) in [5.41, 5.74) is 0. The van der Waals surface area contributed by atoms with E-state index in [-0.39, 0.29) is 6.10 Å². The van der Waals surface area contributed by atoms with Crippen LogP contribution in [0.2, 0.25) is 0 Å². The van der Waals surface area contributed by atoms with Crippen LogP contribution in [0.15, 0.2) is 0 Å². The van der Waals surface area contributed by atoms with Gasteiger partial charge in [0, 0.05) is 25.6 Å². The predicted molar refractivity (Wildman–Crippen MR) is 58.6 cm³/mol. The Morgan fingerprint density at radius 2 is 2.13 bits per heavy atom. The van der Waals surface area contributed by atoms with Crippen LogP contribution in [0.1, 0.15) is 39.0 Å². The van der Waals surface area contributed by atoms with Crippen LogP contribution < -0.4 is 0 Å². The van der Waals surface area contributed by atoms with E-state index in [4.69, 9.17) is 4.74 Å². The number of hydrogen-bond donors (Lipinski definition) is 0. The molecule has 1 unspecified atom stereocenters. The first-order valence-electron chi connectivity index (χ1n) is 6.21. The second kappa shape index (κ2) is 4.97. The minimum atomic E-state index is 0.285. The van der Waals surface area contributed by atoms with E-state index in [0.717, 1.165) is 45.4 Å². The summed E-state index contributed by atoms with van der Waals surface area (Å²) >= 11 is 0. The minimum Gasteiger partial charge on any atom is -0.377 e. The lowest BCUT2D eigenvalue weighted by molar-refractivity contribution is -0.142. The normalized spacial score (nSPS) is 27.5. The first-order valence-corrected chi connectivity index (χ1v) is 6.21. The van der Waals surface area contributed by atoms with Gasteiger partial charge in [-0.25, -0.2) is 0 Å². The lowest BCUT2D eigenvalue weighted by Gasteiger charge is -2.37. The molecule has 1 amide bonds. The molecule has 0 aromatic carbocycles. The highest BCUT2D eigenvalue weighted by Crippen LogP contribution is 2.29. The average molecular weight is 211 g/mol. The summed E-state index contributed by atoms with van der Waals surface area (Å²) in [7, 11) is 0. The molecule has 2 aliphatic rings. The van der Waals surface area contributed by atoms with Crippen molar-refractivity contribution in [1.82, 2.24) is 4.90 Å². The quantitative estimate of drug-likeness (QED) is 0.712. The molecule has 1 saturated heterocycles. The van der Waals surface area contributed by atoms with Crippen molar-refractivity contribution in [2.24, 2.45) is 5.92 Å². The molecule has 2 fully saturated rings. The van der Waals surface area contributed by atoms with Crippen LogP contribution in [-0.2, 0) is 9.53 Å². The molecule has 86 valence electrons. The molecule has 0 spiro atoms. The van der Waals surface area contributed by atoms with E-state index >= 15 is 0 Å². The Hall–Kier alpha value is -0.570. The number of ether oxygens (including phenoxy) is 1. The third kappa shape index (κ3) is 2.51. The minimum absolute atomic E-state index is 0.285. The van der Waals surface area contributed by atoms with E-state index in [1.54, 1.807) is 0 Å². The zero-order chi connectivity index (χ0) is 10.7. The maximum atomic E-state index is 12.0. The molecule has 15 heavy (non-hydrogen) atoms. The van der Waals surface area contributed by atoms with Gasteiger partial charge in [-0.3, -0.25) is 4.79 Å². The standard InChI is InChI=1S/C12H21NO2/c1-2-15-11-7-4-8-13(9-11)12(14)10-5-3-6-10/h10-11H,2-9H2,1H3. The molecule has 1 saturated carbocycles. The Labute approximate surface area is 91.8 Å². The summed E-state index contributed by atoms with van der Waals surface area (Å²) in [5, 5.41) is 0. The van der Waals surface area contributed by atoms with Crippen molar-refractivity contribution < 1.29 is 9.53 Å². The van der Waals surface area contributed by atoms with E-state index in [9.17, 15) is 4.79 Å². The van der Waals surface area contributed by atoms with Gasteiger partial charge in [-0.15, -0.1) is 0 Å². The van der Waals surface area contributed by atoms with Gasteiger partial charge in [0.15, 0.2) is 0 Å². The molecule has 0 N–H and O–H groups in total. The first kappa shape index (κ1) is 10.9. The average Bonchev–Trinajstić information content (AvgIpc) is 2.16. The van der Waals surface area contributed by atoms with Gasteiger partial charge in [0.25, 0.3) is 0 Å². The maximum Gasteiger partial charge on any atom is 0.225 e. The Morgan fingerprint density at radius 1 is 1.33 bits per heavy atom. The summed E-state index contributed by atoms with van der Waals surface area (Å²) in [5.74, 6) is 0.719. The van der Waals surface area contributed by atoms with Crippen molar-refractivity contribution in [1.29, 1.82) is 0 Å². The SMILES string of the molecule is CCOC1CCCN(C(=O)C2CCC2)C1. The van der Waals surface area contributed by atoms with Gasteiger partial charge in [-0.2, -0.15) is 0 Å². The summed E-state index contributed by atoms with van der Waals surface area (Å²) in [6.07, 6.45) is 5.95. The number of hydrogen-bond acceptors (Lipinski definition) is 2.